The molecule has 2 aliphatic carbocycles. The fraction of sp³-hybridized carbons (Fsp3) is 0.857. The molecule has 0 aromatic carbocycles. The fourth-order valence-corrected chi connectivity index (χ4v) is 3.44. The highest BCUT2D eigenvalue weighted by molar-refractivity contribution is 5.86. The summed E-state index contributed by atoms with van der Waals surface area (Å²) in [6.07, 6.45) is 8.17. The normalized spacial score (nSPS) is 23.2. The third kappa shape index (κ3) is 2.68. The average Bonchev–Trinajstić information content (AvgIpc) is 2.96. The molecule has 2 rings (SSSR count). The number of carbonyl (C=O) groups excluding carboxylic acids is 1. The number of amides is 1. The molecule has 0 spiro atoms. The molecule has 4 heteroatoms. The van der Waals surface area contributed by atoms with Crippen LogP contribution < -0.4 is 0 Å². The number of hydrogen-bond donors (Lipinski definition) is 1. The minimum atomic E-state index is -0.892. The van der Waals surface area contributed by atoms with Gasteiger partial charge in [0.15, 0.2) is 0 Å². The molecule has 0 radical (unpaired) electrons. The molecule has 0 aromatic heterocycles. The number of carboxylic acid groups (broad SMARTS) is 1. The van der Waals surface area contributed by atoms with Gasteiger partial charge in [-0.1, -0.05) is 32.6 Å². The van der Waals surface area contributed by atoms with Crippen LogP contribution in [0.3, 0.4) is 0 Å². The fourth-order valence-electron chi connectivity index (χ4n) is 3.44. The largest absolute Gasteiger partial charge is 0.480 e. The van der Waals surface area contributed by atoms with Crippen molar-refractivity contribution >= 4 is 11.9 Å². The molecule has 2 fully saturated rings. The van der Waals surface area contributed by atoms with Gasteiger partial charge in [-0.3, -0.25) is 9.59 Å². The van der Waals surface area contributed by atoms with E-state index in [4.69, 9.17) is 5.11 Å². The first-order valence-corrected chi connectivity index (χ1v) is 7.06. The van der Waals surface area contributed by atoms with Gasteiger partial charge in [0.05, 0.1) is 0 Å². The van der Waals surface area contributed by atoms with Gasteiger partial charge >= 0.3 is 5.97 Å². The Kier molecular flexibility index (Phi) is 3.93. The van der Waals surface area contributed by atoms with E-state index in [0.717, 1.165) is 51.4 Å². The third-order valence-electron chi connectivity index (χ3n) is 4.56. The number of carboxylic acids is 1. The summed E-state index contributed by atoms with van der Waals surface area (Å²) in [6.45, 7) is 1.88. The standard InChI is InChI=1S/C14H23NO3/c1-14(8-4-5-9-14)13(18)15(10-12(16)17)11-6-2-3-7-11/h11H,2-10H2,1H3,(H,16,17). The summed E-state index contributed by atoms with van der Waals surface area (Å²) in [5.41, 5.74) is -0.307. The molecule has 0 heterocycles. The lowest BCUT2D eigenvalue weighted by atomic mass is 9.86. The Hall–Kier alpha value is -1.06. The number of hydrogen-bond acceptors (Lipinski definition) is 2. The quantitative estimate of drug-likeness (QED) is 0.837. The predicted molar refractivity (Wildman–Crippen MR) is 68.2 cm³/mol. The molecule has 1 amide bonds. The minimum absolute atomic E-state index is 0.0781. The molecule has 0 saturated heterocycles. The molecule has 102 valence electrons. The molecular weight excluding hydrogens is 230 g/mol. The third-order valence-corrected chi connectivity index (χ3v) is 4.56. The summed E-state index contributed by atoms with van der Waals surface area (Å²) < 4.78 is 0. The van der Waals surface area contributed by atoms with E-state index >= 15 is 0 Å². The van der Waals surface area contributed by atoms with Crippen LogP contribution in [-0.4, -0.2) is 34.5 Å². The Balaban J connectivity index is 2.11. The Morgan fingerprint density at radius 3 is 2.22 bits per heavy atom. The second-order valence-electron chi connectivity index (χ2n) is 6.03. The van der Waals surface area contributed by atoms with Crippen LogP contribution in [0.4, 0.5) is 0 Å². The van der Waals surface area contributed by atoms with Crippen molar-refractivity contribution in [1.82, 2.24) is 4.90 Å². The predicted octanol–water partition coefficient (Wildman–Crippen LogP) is 2.42. The van der Waals surface area contributed by atoms with Gasteiger partial charge < -0.3 is 10.0 Å². The summed E-state index contributed by atoms with van der Waals surface area (Å²) >= 11 is 0. The van der Waals surface area contributed by atoms with Gasteiger partial charge in [-0.15, -0.1) is 0 Å². The molecule has 0 unspecified atom stereocenters. The van der Waals surface area contributed by atoms with Crippen LogP contribution in [0.25, 0.3) is 0 Å². The monoisotopic (exact) mass is 253 g/mol. The van der Waals surface area contributed by atoms with Gasteiger partial charge in [0, 0.05) is 11.5 Å². The van der Waals surface area contributed by atoms with Crippen LogP contribution in [0.2, 0.25) is 0 Å². The zero-order valence-corrected chi connectivity index (χ0v) is 11.2. The zero-order chi connectivity index (χ0) is 13.2. The van der Waals surface area contributed by atoms with E-state index in [2.05, 4.69) is 0 Å². The van der Waals surface area contributed by atoms with Crippen molar-refractivity contribution in [3.8, 4) is 0 Å². The molecule has 2 saturated carbocycles. The van der Waals surface area contributed by atoms with Gasteiger partial charge in [-0.05, 0) is 25.7 Å². The van der Waals surface area contributed by atoms with Crippen LogP contribution in [0.5, 0.6) is 0 Å². The topological polar surface area (TPSA) is 57.6 Å². The second-order valence-corrected chi connectivity index (χ2v) is 6.03. The highest BCUT2D eigenvalue weighted by Gasteiger charge is 2.42. The van der Waals surface area contributed by atoms with Crippen molar-refractivity contribution < 1.29 is 14.7 Å². The van der Waals surface area contributed by atoms with Gasteiger partial charge in [-0.25, -0.2) is 0 Å². The number of carbonyl (C=O) groups is 2. The lowest BCUT2D eigenvalue weighted by Gasteiger charge is -2.34. The Morgan fingerprint density at radius 2 is 1.72 bits per heavy atom. The number of nitrogens with zero attached hydrogens (tertiary/aromatic N) is 1. The molecule has 0 atom stereocenters. The number of rotatable bonds is 4. The van der Waals surface area contributed by atoms with E-state index in [1.54, 1.807) is 4.90 Å². The maximum absolute atomic E-state index is 12.7. The Labute approximate surface area is 108 Å². The highest BCUT2D eigenvalue weighted by atomic mass is 16.4. The van der Waals surface area contributed by atoms with Gasteiger partial charge in [-0.2, -0.15) is 0 Å². The van der Waals surface area contributed by atoms with Crippen molar-refractivity contribution in [2.24, 2.45) is 5.41 Å². The maximum Gasteiger partial charge on any atom is 0.323 e. The second kappa shape index (κ2) is 5.29. The summed E-state index contributed by atoms with van der Waals surface area (Å²) in [5.74, 6) is -0.814. The summed E-state index contributed by atoms with van der Waals surface area (Å²) in [6, 6.07) is 0.158. The maximum atomic E-state index is 12.7. The summed E-state index contributed by atoms with van der Waals surface area (Å²) in [7, 11) is 0. The zero-order valence-electron chi connectivity index (χ0n) is 11.2. The van der Waals surface area contributed by atoms with E-state index in [-0.39, 0.29) is 23.9 Å². The van der Waals surface area contributed by atoms with Crippen LogP contribution in [-0.2, 0) is 9.59 Å². The number of aliphatic carboxylic acids is 1. The van der Waals surface area contributed by atoms with Crippen LogP contribution in [0, 0.1) is 5.41 Å². The van der Waals surface area contributed by atoms with Gasteiger partial charge in [0.1, 0.15) is 6.54 Å². The van der Waals surface area contributed by atoms with Crippen molar-refractivity contribution in [1.29, 1.82) is 0 Å². The van der Waals surface area contributed by atoms with E-state index in [1.807, 2.05) is 6.92 Å². The highest BCUT2D eigenvalue weighted by Crippen LogP contribution is 2.40. The lowest BCUT2D eigenvalue weighted by molar-refractivity contribution is -0.151. The smallest absolute Gasteiger partial charge is 0.323 e. The van der Waals surface area contributed by atoms with Gasteiger partial charge in [0.2, 0.25) is 5.91 Å². The molecule has 4 nitrogen and oxygen atoms in total. The van der Waals surface area contributed by atoms with Crippen molar-refractivity contribution in [3.05, 3.63) is 0 Å². The molecular formula is C14H23NO3. The van der Waals surface area contributed by atoms with E-state index in [1.165, 1.54) is 0 Å². The van der Waals surface area contributed by atoms with E-state index in [0.29, 0.717) is 0 Å². The van der Waals surface area contributed by atoms with Crippen molar-refractivity contribution in [2.75, 3.05) is 6.54 Å². The Morgan fingerprint density at radius 1 is 1.17 bits per heavy atom. The van der Waals surface area contributed by atoms with Crippen molar-refractivity contribution in [2.45, 2.75) is 64.3 Å². The Bertz CT molecular complexity index is 328. The first-order valence-electron chi connectivity index (χ1n) is 7.06. The summed E-state index contributed by atoms with van der Waals surface area (Å²) in [5, 5.41) is 9.03. The SMILES string of the molecule is CC1(C(=O)N(CC(=O)O)C2CCCC2)CCCC1. The van der Waals surface area contributed by atoms with E-state index < -0.39 is 5.97 Å². The molecule has 0 aromatic rings. The van der Waals surface area contributed by atoms with Crippen LogP contribution in [0.15, 0.2) is 0 Å². The molecule has 0 aliphatic heterocycles. The lowest BCUT2D eigenvalue weighted by Crippen LogP contribution is -2.48. The molecule has 1 N–H and O–H groups in total. The van der Waals surface area contributed by atoms with Crippen LogP contribution in [0.1, 0.15) is 58.3 Å². The van der Waals surface area contributed by atoms with E-state index in [9.17, 15) is 9.59 Å². The minimum Gasteiger partial charge on any atom is -0.480 e. The van der Waals surface area contributed by atoms with Crippen molar-refractivity contribution in [3.63, 3.8) is 0 Å². The molecule has 18 heavy (non-hydrogen) atoms. The molecule has 0 bridgehead atoms. The first-order chi connectivity index (χ1) is 8.53. The average molecular weight is 253 g/mol. The van der Waals surface area contributed by atoms with Crippen LogP contribution >= 0.6 is 0 Å². The van der Waals surface area contributed by atoms with Gasteiger partial charge in [0.25, 0.3) is 0 Å². The summed E-state index contributed by atoms with van der Waals surface area (Å²) in [4.78, 5) is 25.3. The first kappa shape index (κ1) is 13.4. The molecule has 2 aliphatic rings.